The molecule has 152 valence electrons. The summed E-state index contributed by atoms with van der Waals surface area (Å²) in [6.07, 6.45) is 6.21. The van der Waals surface area contributed by atoms with Gasteiger partial charge in [-0.2, -0.15) is 0 Å². The summed E-state index contributed by atoms with van der Waals surface area (Å²) in [5, 5.41) is 16.6. The Labute approximate surface area is 181 Å². The van der Waals surface area contributed by atoms with E-state index in [-0.39, 0.29) is 30.1 Å². The van der Waals surface area contributed by atoms with Gasteiger partial charge in [-0.1, -0.05) is 30.3 Å². The standard InChI is InChI=1S/C21H34N4O.HI/c1-2-22-21(24-18-10-12-20(26)13-11-18)23-15-19-9-6-14-25(19)16-17-7-4-3-5-8-17;/h3-5,7-8,18-20,26H,2,6,9-16H2,1H3,(H2,22,23,24);1H. The van der Waals surface area contributed by atoms with Gasteiger partial charge in [-0.3, -0.25) is 9.89 Å². The van der Waals surface area contributed by atoms with Crippen LogP contribution in [0.1, 0.15) is 51.0 Å². The SMILES string of the molecule is CCNC(=NCC1CCCN1Cc1ccccc1)NC1CCC(O)CC1.I. The van der Waals surface area contributed by atoms with Crippen LogP contribution in [0.3, 0.4) is 0 Å². The van der Waals surface area contributed by atoms with Gasteiger partial charge in [0.25, 0.3) is 0 Å². The van der Waals surface area contributed by atoms with Crippen LogP contribution in [0.25, 0.3) is 0 Å². The van der Waals surface area contributed by atoms with Gasteiger partial charge in [-0.05, 0) is 57.6 Å². The summed E-state index contributed by atoms with van der Waals surface area (Å²) in [4.78, 5) is 7.46. The van der Waals surface area contributed by atoms with E-state index in [4.69, 9.17) is 4.99 Å². The summed E-state index contributed by atoms with van der Waals surface area (Å²) in [7, 11) is 0. The fraction of sp³-hybridized carbons (Fsp3) is 0.667. The molecule has 3 N–H and O–H groups in total. The third kappa shape index (κ3) is 7.23. The molecule has 3 rings (SSSR count). The molecule has 6 heteroatoms. The van der Waals surface area contributed by atoms with E-state index in [2.05, 4.69) is 52.8 Å². The number of nitrogens with zero attached hydrogens (tertiary/aromatic N) is 2. The number of likely N-dealkylation sites (tertiary alicyclic amines) is 1. The molecule has 27 heavy (non-hydrogen) atoms. The number of aliphatic imine (C=N–C) groups is 1. The number of hydrogen-bond donors (Lipinski definition) is 3. The van der Waals surface area contributed by atoms with Gasteiger partial charge < -0.3 is 15.7 Å². The molecular weight excluding hydrogens is 451 g/mol. The molecule has 1 aromatic carbocycles. The molecule has 1 aromatic rings. The second kappa shape index (κ2) is 11.9. The van der Waals surface area contributed by atoms with Crippen molar-refractivity contribution >= 4 is 29.9 Å². The van der Waals surface area contributed by atoms with Gasteiger partial charge in [0.2, 0.25) is 0 Å². The Balaban J connectivity index is 0.00000261. The van der Waals surface area contributed by atoms with E-state index >= 15 is 0 Å². The second-order valence-electron chi connectivity index (χ2n) is 7.62. The zero-order chi connectivity index (χ0) is 18.2. The minimum atomic E-state index is -0.113. The van der Waals surface area contributed by atoms with Gasteiger partial charge in [-0.25, -0.2) is 0 Å². The van der Waals surface area contributed by atoms with Crippen LogP contribution in [-0.4, -0.2) is 53.8 Å². The lowest BCUT2D eigenvalue weighted by atomic mass is 9.93. The predicted octanol–water partition coefficient (Wildman–Crippen LogP) is 3.13. The van der Waals surface area contributed by atoms with Crippen molar-refractivity contribution in [1.82, 2.24) is 15.5 Å². The Morgan fingerprint density at radius 1 is 1.15 bits per heavy atom. The lowest BCUT2D eigenvalue weighted by Gasteiger charge is -2.28. The van der Waals surface area contributed by atoms with Crippen molar-refractivity contribution < 1.29 is 5.11 Å². The fourth-order valence-electron chi connectivity index (χ4n) is 4.06. The first-order chi connectivity index (χ1) is 12.7. The third-order valence-electron chi connectivity index (χ3n) is 5.57. The Bertz CT molecular complexity index is 561. The number of hydrogen-bond acceptors (Lipinski definition) is 3. The first-order valence-electron chi connectivity index (χ1n) is 10.3. The van der Waals surface area contributed by atoms with E-state index in [1.165, 1.54) is 24.9 Å². The van der Waals surface area contributed by atoms with Gasteiger partial charge in [0.05, 0.1) is 12.6 Å². The van der Waals surface area contributed by atoms with Gasteiger partial charge in [0.1, 0.15) is 0 Å². The average molecular weight is 486 g/mol. The zero-order valence-electron chi connectivity index (χ0n) is 16.4. The summed E-state index contributed by atoms with van der Waals surface area (Å²) in [5.41, 5.74) is 1.38. The lowest BCUT2D eigenvalue weighted by molar-refractivity contribution is 0.120. The van der Waals surface area contributed by atoms with E-state index in [0.717, 1.165) is 51.3 Å². The summed E-state index contributed by atoms with van der Waals surface area (Å²) >= 11 is 0. The van der Waals surface area contributed by atoms with Crippen LogP contribution in [0.15, 0.2) is 35.3 Å². The van der Waals surface area contributed by atoms with E-state index in [1.807, 2.05) is 0 Å². The number of halogens is 1. The zero-order valence-corrected chi connectivity index (χ0v) is 18.8. The maximum atomic E-state index is 9.68. The van der Waals surface area contributed by atoms with Crippen LogP contribution in [0.2, 0.25) is 0 Å². The molecule has 2 aliphatic rings. The highest BCUT2D eigenvalue weighted by Gasteiger charge is 2.25. The quantitative estimate of drug-likeness (QED) is 0.329. The number of benzene rings is 1. The smallest absolute Gasteiger partial charge is 0.191 e. The van der Waals surface area contributed by atoms with E-state index in [9.17, 15) is 5.11 Å². The van der Waals surface area contributed by atoms with Gasteiger partial charge in [0.15, 0.2) is 5.96 Å². The predicted molar refractivity (Wildman–Crippen MR) is 123 cm³/mol. The minimum Gasteiger partial charge on any atom is -0.393 e. The van der Waals surface area contributed by atoms with E-state index in [0.29, 0.717) is 12.1 Å². The molecule has 1 aliphatic carbocycles. The van der Waals surface area contributed by atoms with Crippen molar-refractivity contribution in [2.45, 2.75) is 70.2 Å². The molecule has 0 spiro atoms. The van der Waals surface area contributed by atoms with Crippen LogP contribution < -0.4 is 10.6 Å². The molecule has 1 heterocycles. The first-order valence-corrected chi connectivity index (χ1v) is 10.3. The van der Waals surface area contributed by atoms with Crippen molar-refractivity contribution in [3.05, 3.63) is 35.9 Å². The molecule has 0 bridgehead atoms. The van der Waals surface area contributed by atoms with E-state index in [1.54, 1.807) is 0 Å². The highest BCUT2D eigenvalue weighted by molar-refractivity contribution is 14.0. The molecule has 1 aliphatic heterocycles. The van der Waals surface area contributed by atoms with Crippen molar-refractivity contribution in [2.24, 2.45) is 4.99 Å². The molecule has 2 fully saturated rings. The van der Waals surface area contributed by atoms with Crippen LogP contribution in [-0.2, 0) is 6.54 Å². The van der Waals surface area contributed by atoms with Gasteiger partial charge in [-0.15, -0.1) is 24.0 Å². The molecule has 0 radical (unpaired) electrons. The molecule has 0 amide bonds. The number of aliphatic hydroxyl groups is 1. The van der Waals surface area contributed by atoms with Crippen LogP contribution in [0.4, 0.5) is 0 Å². The minimum absolute atomic E-state index is 0. The molecule has 5 nitrogen and oxygen atoms in total. The largest absolute Gasteiger partial charge is 0.393 e. The van der Waals surface area contributed by atoms with Crippen molar-refractivity contribution in [3.8, 4) is 0 Å². The average Bonchev–Trinajstić information content (AvgIpc) is 3.09. The second-order valence-corrected chi connectivity index (χ2v) is 7.62. The summed E-state index contributed by atoms with van der Waals surface area (Å²) in [6.45, 7) is 6.02. The molecule has 1 atom stereocenters. The molecule has 0 aromatic heterocycles. The fourth-order valence-corrected chi connectivity index (χ4v) is 4.06. The third-order valence-corrected chi connectivity index (χ3v) is 5.57. The molecule has 1 unspecified atom stereocenters. The van der Waals surface area contributed by atoms with Crippen LogP contribution >= 0.6 is 24.0 Å². The van der Waals surface area contributed by atoms with Crippen molar-refractivity contribution in [2.75, 3.05) is 19.6 Å². The van der Waals surface area contributed by atoms with Crippen LogP contribution in [0, 0.1) is 0 Å². The Morgan fingerprint density at radius 2 is 1.89 bits per heavy atom. The van der Waals surface area contributed by atoms with Crippen LogP contribution in [0.5, 0.6) is 0 Å². The first kappa shape index (κ1) is 22.4. The Morgan fingerprint density at radius 3 is 2.59 bits per heavy atom. The van der Waals surface area contributed by atoms with Gasteiger partial charge in [0, 0.05) is 25.2 Å². The van der Waals surface area contributed by atoms with Crippen molar-refractivity contribution in [3.63, 3.8) is 0 Å². The highest BCUT2D eigenvalue weighted by Crippen LogP contribution is 2.21. The van der Waals surface area contributed by atoms with E-state index < -0.39 is 0 Å². The molecule has 1 saturated carbocycles. The monoisotopic (exact) mass is 486 g/mol. The Kier molecular flexibility index (Phi) is 9.86. The number of nitrogens with one attached hydrogen (secondary N) is 2. The number of guanidine groups is 1. The highest BCUT2D eigenvalue weighted by atomic mass is 127. The summed E-state index contributed by atoms with van der Waals surface area (Å²) < 4.78 is 0. The lowest BCUT2D eigenvalue weighted by Crippen LogP contribution is -2.46. The van der Waals surface area contributed by atoms with Crippen molar-refractivity contribution in [1.29, 1.82) is 0 Å². The topological polar surface area (TPSA) is 59.9 Å². The maximum absolute atomic E-state index is 9.68. The normalized spacial score (nSPS) is 26.4. The Hall–Kier alpha value is -0.860. The molecule has 1 saturated heterocycles. The summed E-state index contributed by atoms with van der Waals surface area (Å²) in [5.74, 6) is 0.931. The van der Waals surface area contributed by atoms with Gasteiger partial charge >= 0.3 is 0 Å². The number of aliphatic hydroxyl groups excluding tert-OH is 1. The summed E-state index contributed by atoms with van der Waals surface area (Å²) in [6, 6.07) is 11.7. The molecular formula is C21H35IN4O. The maximum Gasteiger partial charge on any atom is 0.191 e. The number of rotatable bonds is 6.